The predicted molar refractivity (Wildman–Crippen MR) is 164 cm³/mol. The molecule has 1 aromatic carbocycles. The third-order valence-corrected chi connectivity index (χ3v) is 8.95. The van der Waals surface area contributed by atoms with Gasteiger partial charge in [-0.25, -0.2) is 0 Å². The van der Waals surface area contributed by atoms with Crippen LogP contribution in [-0.2, 0) is 6.42 Å². The van der Waals surface area contributed by atoms with Gasteiger partial charge in [-0.1, -0.05) is 72.6 Å². The molecule has 3 atom stereocenters. The van der Waals surface area contributed by atoms with Gasteiger partial charge in [-0.05, 0) is 99.4 Å². The van der Waals surface area contributed by atoms with Crippen LogP contribution in [0.1, 0.15) is 121 Å². The Morgan fingerprint density at radius 1 is 0.825 bits per heavy atom. The fraction of sp³-hybridized carbons (Fsp3) is 0.727. The van der Waals surface area contributed by atoms with Crippen LogP contribution in [0, 0.1) is 38.5 Å². The van der Waals surface area contributed by atoms with Crippen molar-refractivity contribution in [1.82, 2.24) is 15.0 Å². The number of rotatable bonds is 15. The van der Waals surface area contributed by atoms with Crippen LogP contribution in [0.4, 0.5) is 0 Å². The van der Waals surface area contributed by atoms with E-state index in [0.717, 1.165) is 65.2 Å². The average molecular weight is 574 g/mol. The van der Waals surface area contributed by atoms with Crippen molar-refractivity contribution in [3.05, 3.63) is 27.5 Å². The third-order valence-electron chi connectivity index (χ3n) is 8.78. The number of aromatic nitrogens is 3. The first kappa shape index (κ1) is 32.4. The highest BCUT2D eigenvalue weighted by atomic mass is 35.5. The molecule has 0 bridgehead atoms. The number of ether oxygens (including phenoxy) is 3. The van der Waals surface area contributed by atoms with Crippen molar-refractivity contribution in [1.29, 1.82) is 0 Å². The first-order valence-corrected chi connectivity index (χ1v) is 15.7. The molecule has 224 valence electrons. The Bertz CT molecular complexity index is 1120. The Labute approximate surface area is 248 Å². The second-order valence-corrected chi connectivity index (χ2v) is 13.2. The molecule has 0 spiro atoms. The van der Waals surface area contributed by atoms with E-state index < -0.39 is 0 Å². The maximum atomic E-state index is 6.78. The normalized spacial score (nSPS) is 18.3. The second kappa shape index (κ2) is 14.7. The van der Waals surface area contributed by atoms with E-state index in [-0.39, 0.29) is 22.9 Å². The van der Waals surface area contributed by atoms with E-state index >= 15 is 0 Å². The fourth-order valence-corrected chi connectivity index (χ4v) is 6.10. The van der Waals surface area contributed by atoms with Gasteiger partial charge >= 0.3 is 12.0 Å². The fourth-order valence-electron chi connectivity index (χ4n) is 5.96. The van der Waals surface area contributed by atoms with Crippen LogP contribution in [0.3, 0.4) is 0 Å². The van der Waals surface area contributed by atoms with Gasteiger partial charge in [-0.3, -0.25) is 0 Å². The van der Waals surface area contributed by atoms with E-state index in [4.69, 9.17) is 25.8 Å². The van der Waals surface area contributed by atoms with Crippen LogP contribution in [0.5, 0.6) is 23.5 Å². The predicted octanol–water partition coefficient (Wildman–Crippen LogP) is 9.77. The summed E-state index contributed by atoms with van der Waals surface area (Å²) in [7, 11) is 1.49. The van der Waals surface area contributed by atoms with Crippen LogP contribution >= 0.6 is 11.6 Å². The lowest BCUT2D eigenvalue weighted by Crippen LogP contribution is -2.37. The number of hydrogen-bond donors (Lipinski definition) is 0. The molecular formula is C33H52ClN3O3. The van der Waals surface area contributed by atoms with Crippen LogP contribution in [-0.4, -0.2) is 27.7 Å². The van der Waals surface area contributed by atoms with Crippen LogP contribution in [0.2, 0.25) is 5.28 Å². The van der Waals surface area contributed by atoms with Crippen molar-refractivity contribution in [3.8, 4) is 23.5 Å². The molecule has 0 fully saturated rings. The maximum absolute atomic E-state index is 6.78. The molecule has 0 radical (unpaired) electrons. The number of nitrogens with zero attached hydrogens (tertiary/aromatic N) is 3. The van der Waals surface area contributed by atoms with Crippen LogP contribution in [0.25, 0.3) is 0 Å². The van der Waals surface area contributed by atoms with Crippen LogP contribution in [0.15, 0.2) is 0 Å². The molecule has 1 aliphatic heterocycles. The largest absolute Gasteiger partial charge is 0.487 e. The van der Waals surface area contributed by atoms with Crippen LogP contribution < -0.4 is 14.2 Å². The highest BCUT2D eigenvalue weighted by Crippen LogP contribution is 2.45. The van der Waals surface area contributed by atoms with Crippen molar-refractivity contribution in [2.24, 2.45) is 17.8 Å². The number of benzene rings is 1. The Morgan fingerprint density at radius 3 is 2.05 bits per heavy atom. The Hall–Kier alpha value is -2.08. The van der Waals surface area contributed by atoms with E-state index in [1.54, 1.807) is 0 Å². The van der Waals surface area contributed by atoms with Gasteiger partial charge in [0.25, 0.3) is 0 Å². The summed E-state index contributed by atoms with van der Waals surface area (Å²) in [6.45, 7) is 18.1. The summed E-state index contributed by atoms with van der Waals surface area (Å²) >= 11 is 6.03. The van der Waals surface area contributed by atoms with Gasteiger partial charge in [0.1, 0.15) is 17.1 Å². The molecule has 0 N–H and O–H groups in total. The zero-order valence-corrected chi connectivity index (χ0v) is 27.2. The summed E-state index contributed by atoms with van der Waals surface area (Å²) < 4.78 is 18.0. The quantitative estimate of drug-likeness (QED) is 0.211. The van der Waals surface area contributed by atoms with E-state index in [1.165, 1.54) is 64.0 Å². The molecule has 2 heterocycles. The molecule has 0 amide bonds. The standard InChI is InChI=1S/C33H52ClN3O3/c1-21(2)13-10-14-22(3)15-11-16-23(4)17-12-19-33(8)20-18-27-26(7)28(24(5)25(6)29(27)40-33)39-32-36-30(34)35-31(37-32)38-9/h21-23H,10-20H2,1-9H3/t22-,23-,33-/m1/s1. The molecule has 40 heavy (non-hydrogen) atoms. The maximum Gasteiger partial charge on any atom is 0.329 e. The molecule has 3 rings (SSSR count). The topological polar surface area (TPSA) is 66.4 Å². The Morgan fingerprint density at radius 2 is 1.43 bits per heavy atom. The minimum Gasteiger partial charge on any atom is -0.487 e. The molecule has 0 saturated heterocycles. The van der Waals surface area contributed by atoms with Gasteiger partial charge in [-0.15, -0.1) is 4.98 Å². The van der Waals surface area contributed by atoms with Gasteiger partial charge in [0, 0.05) is 5.56 Å². The van der Waals surface area contributed by atoms with Crippen molar-refractivity contribution in [3.63, 3.8) is 0 Å². The van der Waals surface area contributed by atoms with Gasteiger partial charge in [-0.2, -0.15) is 9.97 Å². The molecule has 0 saturated carbocycles. The van der Waals surface area contributed by atoms with Gasteiger partial charge in [0.15, 0.2) is 0 Å². The van der Waals surface area contributed by atoms with E-state index in [2.05, 4.69) is 70.3 Å². The van der Waals surface area contributed by atoms with E-state index in [9.17, 15) is 0 Å². The molecule has 0 aliphatic carbocycles. The molecule has 0 unspecified atom stereocenters. The average Bonchev–Trinajstić information content (AvgIpc) is 2.89. The molecule has 1 aliphatic rings. The summed E-state index contributed by atoms with van der Waals surface area (Å²) in [4.78, 5) is 12.3. The summed E-state index contributed by atoms with van der Waals surface area (Å²) in [5.41, 5.74) is 4.24. The highest BCUT2D eigenvalue weighted by Gasteiger charge is 2.34. The van der Waals surface area contributed by atoms with E-state index in [0.29, 0.717) is 0 Å². The lowest BCUT2D eigenvalue weighted by molar-refractivity contribution is 0.0512. The number of methoxy groups -OCH3 is 1. The minimum absolute atomic E-state index is 0.0342. The zero-order chi connectivity index (χ0) is 29.4. The summed E-state index contributed by atoms with van der Waals surface area (Å²) in [6.07, 6.45) is 13.7. The molecule has 1 aromatic heterocycles. The first-order chi connectivity index (χ1) is 18.9. The summed E-state index contributed by atoms with van der Waals surface area (Å²) in [5.74, 6) is 4.23. The first-order valence-electron chi connectivity index (χ1n) is 15.4. The molecular weight excluding hydrogens is 522 g/mol. The smallest absolute Gasteiger partial charge is 0.329 e. The van der Waals surface area contributed by atoms with E-state index in [1.807, 2.05) is 0 Å². The lowest BCUT2D eigenvalue weighted by atomic mass is 9.83. The molecule has 7 heteroatoms. The van der Waals surface area contributed by atoms with Crippen molar-refractivity contribution in [2.45, 2.75) is 132 Å². The SMILES string of the molecule is COc1nc(Cl)nc(Oc2c(C)c(C)c3c(c2C)CC[C@@](C)(CCC[C@H](C)CCC[C@H](C)CCCC(C)C)O3)n1. The van der Waals surface area contributed by atoms with Crippen molar-refractivity contribution in [2.75, 3.05) is 7.11 Å². The molecule has 2 aromatic rings. The number of halogens is 1. The lowest BCUT2D eigenvalue weighted by Gasteiger charge is -2.38. The summed E-state index contributed by atoms with van der Waals surface area (Å²) in [6, 6.07) is 0.249. The van der Waals surface area contributed by atoms with Crippen molar-refractivity contribution < 1.29 is 14.2 Å². The number of fused-ring (bicyclic) bond motifs is 1. The van der Waals surface area contributed by atoms with Gasteiger partial charge in [0.2, 0.25) is 5.28 Å². The highest BCUT2D eigenvalue weighted by molar-refractivity contribution is 6.28. The second-order valence-electron chi connectivity index (χ2n) is 12.9. The van der Waals surface area contributed by atoms with Gasteiger partial charge in [0.05, 0.1) is 7.11 Å². The minimum atomic E-state index is -0.140. The van der Waals surface area contributed by atoms with Crippen molar-refractivity contribution >= 4 is 11.6 Å². The Balaban J connectivity index is 1.55. The molecule has 6 nitrogen and oxygen atoms in total. The monoisotopic (exact) mass is 573 g/mol. The zero-order valence-electron chi connectivity index (χ0n) is 26.5. The van der Waals surface area contributed by atoms with Gasteiger partial charge < -0.3 is 14.2 Å². The Kier molecular flexibility index (Phi) is 11.9. The summed E-state index contributed by atoms with van der Waals surface area (Å²) in [5, 5.41) is 0.0342. The number of hydrogen-bond acceptors (Lipinski definition) is 6. The third kappa shape index (κ3) is 8.96.